The number of ether oxygens (including phenoxy) is 1. The molecule has 0 aliphatic carbocycles. The quantitative estimate of drug-likeness (QED) is 0.608. The molecular weight excluding hydrogens is 337 g/mol. The third kappa shape index (κ3) is 5.51. The van der Waals surface area contributed by atoms with Gasteiger partial charge in [-0.1, -0.05) is 18.2 Å². The normalized spacial score (nSPS) is 11.5. The zero-order valence-electron chi connectivity index (χ0n) is 14.6. The Morgan fingerprint density at radius 3 is 2.35 bits per heavy atom. The van der Waals surface area contributed by atoms with E-state index in [1.54, 1.807) is 42.5 Å². The van der Waals surface area contributed by atoms with Crippen molar-refractivity contribution in [2.24, 2.45) is 0 Å². The van der Waals surface area contributed by atoms with E-state index in [2.05, 4.69) is 5.32 Å². The third-order valence-corrected chi connectivity index (χ3v) is 3.79. The summed E-state index contributed by atoms with van der Waals surface area (Å²) >= 11 is 0. The number of amides is 1. The molecule has 0 heterocycles. The molecule has 2 aromatic rings. The maximum Gasteiger partial charge on any atom is 0.306 e. The molecule has 0 spiro atoms. The molecule has 0 saturated carbocycles. The van der Waals surface area contributed by atoms with Crippen LogP contribution >= 0.6 is 0 Å². The van der Waals surface area contributed by atoms with Crippen molar-refractivity contribution in [3.63, 3.8) is 0 Å². The largest absolute Gasteiger partial charge is 0.453 e. The first-order chi connectivity index (χ1) is 12.4. The molecule has 2 aromatic carbocycles. The summed E-state index contributed by atoms with van der Waals surface area (Å²) in [7, 11) is 0. The summed E-state index contributed by atoms with van der Waals surface area (Å²) in [6.07, 6.45) is -0.811. The zero-order valence-corrected chi connectivity index (χ0v) is 14.6. The molecule has 0 aromatic heterocycles. The van der Waals surface area contributed by atoms with Crippen LogP contribution in [0.3, 0.4) is 0 Å². The van der Waals surface area contributed by atoms with Gasteiger partial charge in [0.25, 0.3) is 5.91 Å². The Kier molecular flexibility index (Phi) is 6.60. The summed E-state index contributed by atoms with van der Waals surface area (Å²) in [4.78, 5) is 35.2. The Labute approximate surface area is 151 Å². The number of benzene rings is 2. The number of rotatable bonds is 7. The molecule has 0 fully saturated rings. The molecule has 136 valence electrons. The first kappa shape index (κ1) is 19.3. The minimum atomic E-state index is -0.990. The second kappa shape index (κ2) is 8.89. The maximum absolute atomic E-state index is 13.5. The van der Waals surface area contributed by atoms with Gasteiger partial charge in [-0.15, -0.1) is 0 Å². The molecule has 1 amide bonds. The number of halogens is 1. The highest BCUT2D eigenvalue weighted by atomic mass is 19.1. The standard InChI is InChI=1S/C20H20FNO4/c1-13(23)15-7-10-17(11-8-15)22-20(25)14(2)26-19(24)12-9-16-5-3-4-6-18(16)21/h3-8,10-11,14H,9,12H2,1-2H3,(H,22,25). The number of ketones is 1. The molecular formula is C20H20FNO4. The van der Waals surface area contributed by atoms with Crippen LogP contribution in [0.2, 0.25) is 0 Å². The molecule has 1 atom stereocenters. The summed E-state index contributed by atoms with van der Waals surface area (Å²) in [5.41, 5.74) is 1.46. The second-order valence-corrected chi connectivity index (χ2v) is 5.85. The van der Waals surface area contributed by atoms with E-state index in [0.717, 1.165) is 0 Å². The highest BCUT2D eigenvalue weighted by Gasteiger charge is 2.18. The van der Waals surface area contributed by atoms with Crippen molar-refractivity contribution in [3.8, 4) is 0 Å². The van der Waals surface area contributed by atoms with E-state index in [-0.39, 0.29) is 24.4 Å². The van der Waals surface area contributed by atoms with Gasteiger partial charge in [0.05, 0.1) is 0 Å². The van der Waals surface area contributed by atoms with Gasteiger partial charge in [0.2, 0.25) is 0 Å². The predicted octanol–water partition coefficient (Wildman–Crippen LogP) is 3.53. The Morgan fingerprint density at radius 1 is 1.08 bits per heavy atom. The van der Waals surface area contributed by atoms with Gasteiger partial charge in [-0.2, -0.15) is 0 Å². The van der Waals surface area contributed by atoms with Gasteiger partial charge in [0, 0.05) is 17.7 Å². The number of nitrogens with one attached hydrogen (secondary N) is 1. The topological polar surface area (TPSA) is 72.5 Å². The van der Waals surface area contributed by atoms with E-state index in [1.807, 2.05) is 0 Å². The lowest BCUT2D eigenvalue weighted by Crippen LogP contribution is -2.30. The van der Waals surface area contributed by atoms with Crippen molar-refractivity contribution in [2.45, 2.75) is 32.8 Å². The van der Waals surface area contributed by atoms with Crippen LogP contribution in [0.4, 0.5) is 10.1 Å². The fraction of sp³-hybridized carbons (Fsp3) is 0.250. The van der Waals surface area contributed by atoms with Crippen molar-refractivity contribution in [2.75, 3.05) is 5.32 Å². The van der Waals surface area contributed by atoms with Crippen LogP contribution in [0.15, 0.2) is 48.5 Å². The number of Topliss-reactive ketones (excluding diaryl/α,β-unsaturated/α-hetero) is 1. The van der Waals surface area contributed by atoms with E-state index in [9.17, 15) is 18.8 Å². The molecule has 0 saturated heterocycles. The molecule has 0 aliphatic rings. The Balaban J connectivity index is 1.83. The lowest BCUT2D eigenvalue weighted by atomic mass is 10.1. The third-order valence-electron chi connectivity index (χ3n) is 3.79. The van der Waals surface area contributed by atoms with Gasteiger partial charge in [0.15, 0.2) is 11.9 Å². The molecule has 0 aliphatic heterocycles. The van der Waals surface area contributed by atoms with Gasteiger partial charge < -0.3 is 10.1 Å². The molecule has 26 heavy (non-hydrogen) atoms. The molecule has 0 bridgehead atoms. The molecule has 5 nitrogen and oxygen atoms in total. The monoisotopic (exact) mass is 357 g/mol. The Bertz CT molecular complexity index is 802. The SMILES string of the molecule is CC(=O)c1ccc(NC(=O)C(C)OC(=O)CCc2ccccc2F)cc1. The number of esters is 1. The summed E-state index contributed by atoms with van der Waals surface area (Å²) < 4.78 is 18.6. The van der Waals surface area contributed by atoms with Crippen molar-refractivity contribution in [1.82, 2.24) is 0 Å². The van der Waals surface area contributed by atoms with E-state index in [4.69, 9.17) is 4.74 Å². The summed E-state index contributed by atoms with van der Waals surface area (Å²) in [6, 6.07) is 12.6. The number of hydrogen-bond donors (Lipinski definition) is 1. The van der Waals surface area contributed by atoms with E-state index >= 15 is 0 Å². The Hall–Kier alpha value is -3.02. The van der Waals surface area contributed by atoms with Crippen LogP contribution in [0, 0.1) is 5.82 Å². The van der Waals surface area contributed by atoms with Crippen molar-refractivity contribution >= 4 is 23.3 Å². The number of carbonyl (C=O) groups excluding carboxylic acids is 3. The molecule has 2 rings (SSSR count). The smallest absolute Gasteiger partial charge is 0.306 e. The van der Waals surface area contributed by atoms with E-state index < -0.39 is 18.0 Å². The molecule has 0 radical (unpaired) electrons. The van der Waals surface area contributed by atoms with Crippen molar-refractivity contribution in [3.05, 3.63) is 65.5 Å². The number of aryl methyl sites for hydroxylation is 1. The van der Waals surface area contributed by atoms with Crippen LogP contribution in [0.1, 0.15) is 36.2 Å². The number of anilines is 1. The van der Waals surface area contributed by atoms with Gasteiger partial charge >= 0.3 is 5.97 Å². The van der Waals surface area contributed by atoms with Crippen LogP contribution < -0.4 is 5.32 Å². The van der Waals surface area contributed by atoms with E-state index in [0.29, 0.717) is 16.8 Å². The van der Waals surface area contributed by atoms with Crippen molar-refractivity contribution in [1.29, 1.82) is 0 Å². The summed E-state index contributed by atoms with van der Waals surface area (Å²) in [6.45, 7) is 2.91. The van der Waals surface area contributed by atoms with E-state index in [1.165, 1.54) is 19.9 Å². The Morgan fingerprint density at radius 2 is 1.73 bits per heavy atom. The second-order valence-electron chi connectivity index (χ2n) is 5.85. The first-order valence-corrected chi connectivity index (χ1v) is 8.21. The van der Waals surface area contributed by atoms with Crippen LogP contribution in [0.25, 0.3) is 0 Å². The average Bonchev–Trinajstić information content (AvgIpc) is 2.61. The minimum Gasteiger partial charge on any atom is -0.453 e. The average molecular weight is 357 g/mol. The highest BCUT2D eigenvalue weighted by Crippen LogP contribution is 2.12. The number of hydrogen-bond acceptors (Lipinski definition) is 4. The highest BCUT2D eigenvalue weighted by molar-refractivity contribution is 5.97. The van der Waals surface area contributed by atoms with Gasteiger partial charge in [0.1, 0.15) is 5.82 Å². The van der Waals surface area contributed by atoms with Gasteiger partial charge in [-0.05, 0) is 56.2 Å². The first-order valence-electron chi connectivity index (χ1n) is 8.21. The zero-order chi connectivity index (χ0) is 19.1. The summed E-state index contributed by atoms with van der Waals surface area (Å²) in [5.74, 6) is -1.51. The van der Waals surface area contributed by atoms with Crippen LogP contribution in [-0.2, 0) is 20.7 Å². The summed E-state index contributed by atoms with van der Waals surface area (Å²) in [5, 5.41) is 2.61. The molecule has 1 unspecified atom stereocenters. The maximum atomic E-state index is 13.5. The fourth-order valence-electron chi connectivity index (χ4n) is 2.28. The van der Waals surface area contributed by atoms with Gasteiger partial charge in [-0.3, -0.25) is 14.4 Å². The van der Waals surface area contributed by atoms with Crippen LogP contribution in [-0.4, -0.2) is 23.8 Å². The fourth-order valence-corrected chi connectivity index (χ4v) is 2.28. The van der Waals surface area contributed by atoms with Crippen LogP contribution in [0.5, 0.6) is 0 Å². The van der Waals surface area contributed by atoms with Crippen molar-refractivity contribution < 1.29 is 23.5 Å². The lowest BCUT2D eigenvalue weighted by molar-refractivity contribution is -0.153. The minimum absolute atomic E-state index is 0.0220. The number of carbonyl (C=O) groups is 3. The lowest BCUT2D eigenvalue weighted by Gasteiger charge is -2.14. The predicted molar refractivity (Wildman–Crippen MR) is 95.4 cm³/mol. The van der Waals surface area contributed by atoms with Gasteiger partial charge in [-0.25, -0.2) is 4.39 Å². The molecule has 6 heteroatoms. The molecule has 1 N–H and O–H groups in total.